The monoisotopic (exact) mass is 316 g/mol. The standard InChI is InChI=1S/H2O4Se.2Rb/c1-5(2,3)4;;/h(H2,1,2,3,4);;. The predicted molar refractivity (Wildman–Crippen MR) is 23.1 cm³/mol. The third-order valence-electron chi connectivity index (χ3n) is 0. The molecule has 4 nitrogen and oxygen atoms in total. The van der Waals surface area contributed by atoms with Crippen LogP contribution in [0.25, 0.3) is 0 Å². The summed E-state index contributed by atoms with van der Waals surface area (Å²) >= 11 is -5.25. The van der Waals surface area contributed by atoms with Gasteiger partial charge >= 0.3 is 29.4 Å². The molecule has 0 rings (SSSR count). The van der Waals surface area contributed by atoms with Crippen LogP contribution in [0.2, 0.25) is 0 Å². The largest absolute Gasteiger partial charge is 0 e. The van der Waals surface area contributed by atoms with Crippen molar-refractivity contribution in [1.29, 1.82) is 0 Å². The van der Waals surface area contributed by atoms with Crippen LogP contribution in [-0.2, 0) is 7.67 Å². The van der Waals surface area contributed by atoms with Crippen molar-refractivity contribution in [1.82, 2.24) is 0 Å². The Labute approximate surface area is 141 Å². The molecule has 0 fully saturated rings. The minimum atomic E-state index is -5.25. The molecule has 0 heterocycles. The van der Waals surface area contributed by atoms with Gasteiger partial charge in [-0.3, -0.25) is 0 Å². The Balaban J connectivity index is -0.0000000800. The Morgan fingerprint density at radius 3 is 1.00 bits per heavy atom. The maximum atomic E-state index is 8.82. The molecule has 0 saturated heterocycles. The van der Waals surface area contributed by atoms with E-state index >= 15 is 0 Å². The summed E-state index contributed by atoms with van der Waals surface area (Å²) < 4.78 is 31.9. The Morgan fingerprint density at radius 2 is 1.00 bits per heavy atom. The molecular formula is H2O4Rb2Se. The van der Waals surface area contributed by atoms with Gasteiger partial charge in [-0.25, -0.2) is 0 Å². The summed E-state index contributed by atoms with van der Waals surface area (Å²) in [5.74, 6) is 0. The van der Waals surface area contributed by atoms with E-state index in [1.165, 1.54) is 0 Å². The fourth-order valence-electron chi connectivity index (χ4n) is 0. The average Bonchev–Trinajstić information content (AvgIpc) is 0.722. The molecule has 0 aromatic heterocycles. The average molecular weight is 316 g/mol. The van der Waals surface area contributed by atoms with Gasteiger partial charge < -0.3 is 0 Å². The van der Waals surface area contributed by atoms with E-state index in [0.717, 1.165) is 0 Å². The molecule has 2 radical (unpaired) electrons. The maximum absolute atomic E-state index is 8.82. The molecule has 7 heavy (non-hydrogen) atoms. The first-order valence-corrected chi connectivity index (χ1v) is 3.63. The zero-order chi connectivity index (χ0) is 4.50. The Hall–Kier alpha value is 3.65. The van der Waals surface area contributed by atoms with Crippen molar-refractivity contribution in [2.24, 2.45) is 0 Å². The molecule has 0 bridgehead atoms. The van der Waals surface area contributed by atoms with E-state index in [1.54, 1.807) is 0 Å². The minimum absolute atomic E-state index is 0. The van der Waals surface area contributed by atoms with Gasteiger partial charge in [0.05, 0.1) is 0 Å². The smallest absolute Gasteiger partial charge is 0 e. The second kappa shape index (κ2) is 7.75. The summed E-state index contributed by atoms with van der Waals surface area (Å²) in [5, 5.41) is 0. The molecule has 0 unspecified atom stereocenters. The number of hydrogen-bond acceptors (Lipinski definition) is 2. The molecule has 2 N–H and O–H groups in total. The van der Waals surface area contributed by atoms with Gasteiger partial charge in [0.25, 0.3) is 0 Å². The van der Waals surface area contributed by atoms with Gasteiger partial charge in [-0.05, 0) is 0 Å². The first kappa shape index (κ1) is 16.9. The summed E-state index contributed by atoms with van der Waals surface area (Å²) in [6.45, 7) is 0. The van der Waals surface area contributed by atoms with E-state index in [2.05, 4.69) is 0 Å². The van der Waals surface area contributed by atoms with Crippen LogP contribution in [0.5, 0.6) is 0 Å². The molecule has 0 aliphatic rings. The van der Waals surface area contributed by atoms with E-state index in [1.807, 2.05) is 0 Å². The first-order valence-electron chi connectivity index (χ1n) is 0.698. The van der Waals surface area contributed by atoms with Crippen LogP contribution in [0.3, 0.4) is 0 Å². The van der Waals surface area contributed by atoms with E-state index in [-0.39, 0.29) is 116 Å². The molecule has 0 aliphatic heterocycles. The van der Waals surface area contributed by atoms with Crippen molar-refractivity contribution in [2.45, 2.75) is 0 Å². The van der Waals surface area contributed by atoms with Crippen molar-refractivity contribution in [3.63, 3.8) is 0 Å². The molecule has 0 aromatic carbocycles. The molecule has 0 spiro atoms. The molecule has 0 amide bonds. The second-order valence-electron chi connectivity index (χ2n) is 0.448. The summed E-state index contributed by atoms with van der Waals surface area (Å²) in [4.78, 5) is 0. The SMILES string of the molecule is O=[Se](=O)(O)O.[Rb].[Rb]. The zero-order valence-electron chi connectivity index (χ0n) is 4.12. The molecular weight excluding hydrogens is 314 g/mol. The van der Waals surface area contributed by atoms with Crippen LogP contribution in [-0.4, -0.2) is 138 Å². The summed E-state index contributed by atoms with van der Waals surface area (Å²) in [6.07, 6.45) is 0. The molecule has 34 valence electrons. The maximum Gasteiger partial charge on any atom is 0 e. The molecule has 0 aliphatic carbocycles. The van der Waals surface area contributed by atoms with Gasteiger partial charge in [0.2, 0.25) is 0 Å². The fraction of sp³-hybridized carbons (Fsp3) is 0. The van der Waals surface area contributed by atoms with Crippen LogP contribution in [0.15, 0.2) is 0 Å². The number of rotatable bonds is 0. The van der Waals surface area contributed by atoms with E-state index in [9.17, 15) is 0 Å². The Kier molecular flexibility index (Phi) is 18.8. The van der Waals surface area contributed by atoms with Crippen molar-refractivity contribution in [2.75, 3.05) is 0 Å². The summed E-state index contributed by atoms with van der Waals surface area (Å²) in [5.41, 5.74) is 0. The fourth-order valence-corrected chi connectivity index (χ4v) is 0. The zero-order valence-corrected chi connectivity index (χ0v) is 15.7. The van der Waals surface area contributed by atoms with Gasteiger partial charge in [-0.2, -0.15) is 0 Å². The van der Waals surface area contributed by atoms with Crippen molar-refractivity contribution in [3.8, 4) is 0 Å². The van der Waals surface area contributed by atoms with Crippen molar-refractivity contribution < 1.29 is 16.0 Å². The first-order chi connectivity index (χ1) is 2.00. The Bertz CT molecular complexity index is 92.9. The summed E-state index contributed by atoms with van der Waals surface area (Å²) in [6, 6.07) is 0. The molecule has 0 aromatic rings. The second-order valence-corrected chi connectivity index (χ2v) is 2.33. The summed E-state index contributed by atoms with van der Waals surface area (Å²) in [7, 11) is 0. The predicted octanol–water partition coefficient (Wildman–Crippen LogP) is -2.49. The number of hydrogen-bond donors (Lipinski definition) is 2. The minimum Gasteiger partial charge on any atom is 0 e. The van der Waals surface area contributed by atoms with Gasteiger partial charge in [0.1, 0.15) is 0 Å². The van der Waals surface area contributed by atoms with Crippen LogP contribution in [0, 0.1) is 0 Å². The van der Waals surface area contributed by atoms with Gasteiger partial charge in [0, 0.05) is 116 Å². The van der Waals surface area contributed by atoms with Crippen LogP contribution < -0.4 is 0 Å². The third-order valence-corrected chi connectivity index (χ3v) is 0. The topological polar surface area (TPSA) is 74.6 Å². The molecule has 7 heteroatoms. The van der Waals surface area contributed by atoms with Crippen molar-refractivity contribution >= 4 is 130 Å². The Morgan fingerprint density at radius 1 is 1.00 bits per heavy atom. The van der Waals surface area contributed by atoms with Crippen LogP contribution in [0.4, 0.5) is 0 Å². The van der Waals surface area contributed by atoms with Gasteiger partial charge in [-0.15, -0.1) is 0 Å². The normalized spacial score (nSPS) is 8.29. The van der Waals surface area contributed by atoms with Gasteiger partial charge in [0.15, 0.2) is 0 Å². The molecule has 0 saturated carbocycles. The van der Waals surface area contributed by atoms with Gasteiger partial charge in [-0.1, -0.05) is 0 Å². The van der Waals surface area contributed by atoms with E-state index in [0.29, 0.717) is 0 Å². The molecule has 0 atom stereocenters. The van der Waals surface area contributed by atoms with Crippen LogP contribution >= 0.6 is 0 Å². The van der Waals surface area contributed by atoms with Crippen molar-refractivity contribution in [3.05, 3.63) is 0 Å². The van der Waals surface area contributed by atoms with E-state index in [4.69, 9.17) is 16.0 Å². The van der Waals surface area contributed by atoms with E-state index < -0.39 is 13.4 Å². The third kappa shape index (κ3) is 42.4. The van der Waals surface area contributed by atoms with Crippen LogP contribution in [0.1, 0.15) is 0 Å². The quantitative estimate of drug-likeness (QED) is 0.485.